The van der Waals surface area contributed by atoms with Crippen molar-refractivity contribution in [3.05, 3.63) is 29.8 Å². The highest BCUT2D eigenvalue weighted by atomic mass is 19.1. The lowest BCUT2D eigenvalue weighted by atomic mass is 9.99. The lowest BCUT2D eigenvalue weighted by molar-refractivity contribution is 0.191. The largest absolute Gasteiger partial charge is 0.307 e. The van der Waals surface area contributed by atoms with Gasteiger partial charge in [-0.1, -0.05) is 13.8 Å². The van der Waals surface area contributed by atoms with Gasteiger partial charge in [0, 0.05) is 19.1 Å². The van der Waals surface area contributed by atoms with Crippen LogP contribution in [0.4, 0.5) is 4.39 Å². The molecular formula is C16H26FN3. The van der Waals surface area contributed by atoms with Crippen LogP contribution in [0.25, 0.3) is 0 Å². The molecule has 20 heavy (non-hydrogen) atoms. The van der Waals surface area contributed by atoms with Crippen LogP contribution >= 0.6 is 0 Å². The topological polar surface area (TPSA) is 28.2 Å². The van der Waals surface area contributed by atoms with Crippen molar-refractivity contribution in [1.82, 2.24) is 15.2 Å². The van der Waals surface area contributed by atoms with Crippen LogP contribution in [0, 0.1) is 11.7 Å². The number of halogens is 1. The summed E-state index contributed by atoms with van der Waals surface area (Å²) in [6.07, 6.45) is 4.90. The Morgan fingerprint density at radius 3 is 2.75 bits per heavy atom. The standard InChI is InChI=1S/C16H26FN3/c1-3-15(16-5-4-14(17)12-19-16)18-8-11-20-9-6-13(2)7-10-20/h4-5,12-13,15,18H,3,6-11H2,1-2H3. The SMILES string of the molecule is CCC(NCCN1CCC(C)CC1)c1ccc(F)cn1. The third-order valence-electron chi connectivity index (χ3n) is 4.21. The Balaban J connectivity index is 1.75. The van der Waals surface area contributed by atoms with Crippen LogP contribution < -0.4 is 5.32 Å². The van der Waals surface area contributed by atoms with Crippen LogP contribution in [0.5, 0.6) is 0 Å². The fraction of sp³-hybridized carbons (Fsp3) is 0.688. The number of rotatable bonds is 6. The van der Waals surface area contributed by atoms with Crippen molar-refractivity contribution < 1.29 is 4.39 Å². The molecule has 1 aliphatic rings. The number of hydrogen-bond acceptors (Lipinski definition) is 3. The summed E-state index contributed by atoms with van der Waals surface area (Å²) in [4.78, 5) is 6.70. The molecule has 0 aromatic carbocycles. The summed E-state index contributed by atoms with van der Waals surface area (Å²) < 4.78 is 12.9. The first-order chi connectivity index (χ1) is 9.69. The van der Waals surface area contributed by atoms with Gasteiger partial charge in [0.15, 0.2) is 0 Å². The van der Waals surface area contributed by atoms with E-state index < -0.39 is 0 Å². The highest BCUT2D eigenvalue weighted by Crippen LogP contribution is 2.16. The summed E-state index contributed by atoms with van der Waals surface area (Å²) in [5.41, 5.74) is 0.932. The number of piperidine rings is 1. The van der Waals surface area contributed by atoms with Crippen LogP contribution in [-0.2, 0) is 0 Å². The smallest absolute Gasteiger partial charge is 0.141 e. The molecule has 0 aliphatic carbocycles. The molecule has 0 saturated carbocycles. The monoisotopic (exact) mass is 279 g/mol. The number of hydrogen-bond donors (Lipinski definition) is 1. The lowest BCUT2D eigenvalue weighted by Gasteiger charge is -2.30. The van der Waals surface area contributed by atoms with Crippen molar-refractivity contribution in [2.45, 2.75) is 39.2 Å². The number of likely N-dealkylation sites (tertiary alicyclic amines) is 1. The molecule has 0 spiro atoms. The molecule has 1 fully saturated rings. The Morgan fingerprint density at radius 1 is 1.40 bits per heavy atom. The second kappa shape index (κ2) is 7.70. The quantitative estimate of drug-likeness (QED) is 0.867. The fourth-order valence-corrected chi connectivity index (χ4v) is 2.73. The van der Waals surface area contributed by atoms with E-state index in [0.29, 0.717) is 0 Å². The molecule has 3 nitrogen and oxygen atoms in total. The van der Waals surface area contributed by atoms with Gasteiger partial charge in [0.2, 0.25) is 0 Å². The summed E-state index contributed by atoms with van der Waals surface area (Å²) in [5.74, 6) is 0.608. The van der Waals surface area contributed by atoms with E-state index in [-0.39, 0.29) is 11.9 Å². The van der Waals surface area contributed by atoms with Crippen LogP contribution in [0.2, 0.25) is 0 Å². The highest BCUT2D eigenvalue weighted by Gasteiger charge is 2.16. The average molecular weight is 279 g/mol. The Hall–Kier alpha value is -1.00. The molecule has 2 rings (SSSR count). The summed E-state index contributed by atoms with van der Waals surface area (Å²) in [6.45, 7) is 8.95. The zero-order valence-electron chi connectivity index (χ0n) is 12.6. The van der Waals surface area contributed by atoms with Crippen molar-refractivity contribution in [3.63, 3.8) is 0 Å². The van der Waals surface area contributed by atoms with E-state index in [0.717, 1.165) is 31.1 Å². The summed E-state index contributed by atoms with van der Waals surface area (Å²) >= 11 is 0. The number of pyridine rings is 1. The first kappa shape index (κ1) is 15.4. The summed E-state index contributed by atoms with van der Waals surface area (Å²) in [6, 6.07) is 3.48. The first-order valence-electron chi connectivity index (χ1n) is 7.76. The van der Waals surface area contributed by atoms with Crippen molar-refractivity contribution in [2.24, 2.45) is 5.92 Å². The first-order valence-corrected chi connectivity index (χ1v) is 7.76. The Morgan fingerprint density at radius 2 is 2.15 bits per heavy atom. The fourth-order valence-electron chi connectivity index (χ4n) is 2.73. The van der Waals surface area contributed by atoms with Gasteiger partial charge in [0.05, 0.1) is 11.9 Å². The molecule has 1 N–H and O–H groups in total. The van der Waals surface area contributed by atoms with E-state index >= 15 is 0 Å². The van der Waals surface area contributed by atoms with Gasteiger partial charge in [-0.3, -0.25) is 4.98 Å². The highest BCUT2D eigenvalue weighted by molar-refractivity contribution is 5.09. The van der Waals surface area contributed by atoms with Crippen molar-refractivity contribution in [2.75, 3.05) is 26.2 Å². The molecule has 0 radical (unpaired) electrons. The Labute approximate surface area is 121 Å². The van der Waals surface area contributed by atoms with E-state index in [1.54, 1.807) is 6.07 Å². The molecule has 112 valence electrons. The third-order valence-corrected chi connectivity index (χ3v) is 4.21. The van der Waals surface area contributed by atoms with Gasteiger partial charge in [-0.05, 0) is 50.4 Å². The Kier molecular flexibility index (Phi) is 5.92. The van der Waals surface area contributed by atoms with Gasteiger partial charge >= 0.3 is 0 Å². The molecule has 1 saturated heterocycles. The predicted octanol–water partition coefficient (Wildman–Crippen LogP) is 2.99. The van der Waals surface area contributed by atoms with Gasteiger partial charge in [0.25, 0.3) is 0 Å². The van der Waals surface area contributed by atoms with Gasteiger partial charge in [-0.25, -0.2) is 4.39 Å². The molecule has 0 bridgehead atoms. The van der Waals surface area contributed by atoms with Crippen LogP contribution in [-0.4, -0.2) is 36.1 Å². The number of aromatic nitrogens is 1. The molecule has 2 heterocycles. The maximum atomic E-state index is 12.9. The number of nitrogens with zero attached hydrogens (tertiary/aromatic N) is 2. The average Bonchev–Trinajstić information content (AvgIpc) is 2.47. The second-order valence-electron chi connectivity index (χ2n) is 5.84. The van der Waals surface area contributed by atoms with Crippen LogP contribution in [0.15, 0.2) is 18.3 Å². The maximum absolute atomic E-state index is 12.9. The van der Waals surface area contributed by atoms with E-state index in [9.17, 15) is 4.39 Å². The van der Waals surface area contributed by atoms with E-state index in [2.05, 4.69) is 29.0 Å². The molecular weight excluding hydrogens is 253 g/mol. The zero-order chi connectivity index (χ0) is 14.4. The normalized spacial score (nSPS) is 19.1. The molecule has 1 atom stereocenters. The minimum Gasteiger partial charge on any atom is -0.307 e. The Bertz CT molecular complexity index is 385. The van der Waals surface area contributed by atoms with Gasteiger partial charge < -0.3 is 10.2 Å². The summed E-state index contributed by atoms with van der Waals surface area (Å²) in [5, 5.41) is 3.54. The zero-order valence-corrected chi connectivity index (χ0v) is 12.6. The molecule has 1 aromatic heterocycles. The molecule has 1 aromatic rings. The second-order valence-corrected chi connectivity index (χ2v) is 5.84. The van der Waals surface area contributed by atoms with Crippen molar-refractivity contribution in [3.8, 4) is 0 Å². The van der Waals surface area contributed by atoms with E-state index in [4.69, 9.17) is 0 Å². The predicted molar refractivity (Wildman–Crippen MR) is 80.1 cm³/mol. The lowest BCUT2D eigenvalue weighted by Crippen LogP contribution is -2.38. The summed E-state index contributed by atoms with van der Waals surface area (Å²) in [7, 11) is 0. The molecule has 0 amide bonds. The maximum Gasteiger partial charge on any atom is 0.141 e. The number of nitrogens with one attached hydrogen (secondary N) is 1. The molecule has 4 heteroatoms. The van der Waals surface area contributed by atoms with Crippen molar-refractivity contribution in [1.29, 1.82) is 0 Å². The van der Waals surface area contributed by atoms with Crippen molar-refractivity contribution >= 4 is 0 Å². The van der Waals surface area contributed by atoms with Gasteiger partial charge in [-0.15, -0.1) is 0 Å². The third kappa shape index (κ3) is 4.53. The molecule has 1 unspecified atom stereocenters. The van der Waals surface area contributed by atoms with Gasteiger partial charge in [-0.2, -0.15) is 0 Å². The van der Waals surface area contributed by atoms with Gasteiger partial charge in [0.1, 0.15) is 5.82 Å². The van der Waals surface area contributed by atoms with E-state index in [1.165, 1.54) is 38.2 Å². The van der Waals surface area contributed by atoms with Crippen LogP contribution in [0.3, 0.4) is 0 Å². The molecule has 1 aliphatic heterocycles. The van der Waals surface area contributed by atoms with Crippen LogP contribution in [0.1, 0.15) is 44.8 Å². The minimum atomic E-state index is -0.272. The minimum absolute atomic E-state index is 0.222. The van der Waals surface area contributed by atoms with E-state index in [1.807, 2.05) is 0 Å².